The van der Waals surface area contributed by atoms with Crippen LogP contribution < -0.4 is 16.0 Å². The van der Waals surface area contributed by atoms with Gasteiger partial charge in [0.25, 0.3) is 0 Å². The summed E-state index contributed by atoms with van der Waals surface area (Å²) in [5, 5.41) is 7.99. The fourth-order valence-corrected chi connectivity index (χ4v) is 3.35. The first-order chi connectivity index (χ1) is 12.0. The Balaban J connectivity index is 1.76. The molecule has 1 saturated heterocycles. The van der Waals surface area contributed by atoms with Crippen LogP contribution in [-0.2, 0) is 15.3 Å². The van der Waals surface area contributed by atoms with Crippen LogP contribution in [0.1, 0.15) is 17.8 Å². The van der Waals surface area contributed by atoms with Crippen molar-refractivity contribution < 1.29 is 14.4 Å². The fourth-order valence-electron chi connectivity index (χ4n) is 2.47. The lowest BCUT2D eigenvalue weighted by molar-refractivity contribution is -0.132. The molecule has 0 radical (unpaired) electrons. The number of piperazine rings is 1. The van der Waals surface area contributed by atoms with Crippen LogP contribution in [0.3, 0.4) is 0 Å². The number of thioether (sulfide) groups is 1. The Labute approximate surface area is 150 Å². The first-order valence-corrected chi connectivity index (χ1v) is 9.27. The molecule has 1 aliphatic rings. The summed E-state index contributed by atoms with van der Waals surface area (Å²) >= 11 is 1.67. The summed E-state index contributed by atoms with van der Waals surface area (Å²) in [4.78, 5) is 44.6. The Morgan fingerprint density at radius 1 is 1.48 bits per heavy atom. The number of nitrogens with one attached hydrogen (secondary N) is 4. The van der Waals surface area contributed by atoms with Gasteiger partial charge in [0.15, 0.2) is 0 Å². The summed E-state index contributed by atoms with van der Waals surface area (Å²) in [6, 6.07) is -1.09. The standard InChI is InChI=1S/C15H24N6O3S/c1-10-11(20-9-19-10)8-25-6-4-18-15(24)21-5-3-17-14(23)12(21)7-13(22)16-2/h9,12H,3-8H2,1-2H3,(H,16,22)(H,17,23)(H,18,24)(H,19,20)/t12-/m0/s1. The van der Waals surface area contributed by atoms with Crippen LogP contribution in [0.4, 0.5) is 4.79 Å². The van der Waals surface area contributed by atoms with Gasteiger partial charge in [0, 0.05) is 43.9 Å². The van der Waals surface area contributed by atoms with Crippen molar-refractivity contribution in [2.24, 2.45) is 0 Å². The third-order valence-corrected chi connectivity index (χ3v) is 4.92. The summed E-state index contributed by atoms with van der Waals surface area (Å²) in [5.74, 6) is 0.938. The summed E-state index contributed by atoms with van der Waals surface area (Å²) in [6.07, 6.45) is 1.63. The summed E-state index contributed by atoms with van der Waals surface area (Å²) in [7, 11) is 1.51. The number of aromatic amines is 1. The number of aryl methyl sites for hydroxylation is 1. The number of nitrogens with zero attached hydrogens (tertiary/aromatic N) is 2. The van der Waals surface area contributed by atoms with E-state index in [9.17, 15) is 14.4 Å². The van der Waals surface area contributed by atoms with Crippen molar-refractivity contribution in [2.45, 2.75) is 25.1 Å². The van der Waals surface area contributed by atoms with Crippen molar-refractivity contribution in [3.8, 4) is 0 Å². The molecule has 1 aromatic heterocycles. The SMILES string of the molecule is CNC(=O)C[C@H]1C(=O)NCCN1C(=O)NCCSCc1nc[nH]c1C. The Bertz CT molecular complexity index is 620. The second-order valence-corrected chi connectivity index (χ2v) is 6.74. The van der Waals surface area contributed by atoms with Crippen LogP contribution in [0.2, 0.25) is 0 Å². The third kappa shape index (κ3) is 5.38. The molecule has 4 N–H and O–H groups in total. The maximum absolute atomic E-state index is 12.3. The van der Waals surface area contributed by atoms with Crippen molar-refractivity contribution in [3.63, 3.8) is 0 Å². The number of rotatable bonds is 7. The van der Waals surface area contributed by atoms with Gasteiger partial charge in [-0.25, -0.2) is 9.78 Å². The highest BCUT2D eigenvalue weighted by molar-refractivity contribution is 7.98. The number of carbonyl (C=O) groups is 3. The normalized spacial score (nSPS) is 17.1. The van der Waals surface area contributed by atoms with E-state index in [-0.39, 0.29) is 24.3 Å². The second kappa shape index (κ2) is 9.30. The largest absolute Gasteiger partial charge is 0.359 e. The molecule has 10 heteroatoms. The minimum Gasteiger partial charge on any atom is -0.359 e. The van der Waals surface area contributed by atoms with Crippen LogP contribution in [0.15, 0.2) is 6.33 Å². The van der Waals surface area contributed by atoms with Crippen LogP contribution >= 0.6 is 11.8 Å². The van der Waals surface area contributed by atoms with Gasteiger partial charge in [0.2, 0.25) is 11.8 Å². The first-order valence-electron chi connectivity index (χ1n) is 8.12. The first kappa shape index (κ1) is 19.1. The molecule has 1 aromatic rings. The Morgan fingerprint density at radius 3 is 2.96 bits per heavy atom. The van der Waals surface area contributed by atoms with Crippen LogP contribution in [-0.4, -0.2) is 71.2 Å². The van der Waals surface area contributed by atoms with Crippen LogP contribution in [0, 0.1) is 6.92 Å². The van der Waals surface area contributed by atoms with Gasteiger partial charge in [-0.2, -0.15) is 11.8 Å². The predicted molar refractivity (Wildman–Crippen MR) is 95.1 cm³/mol. The van der Waals surface area contributed by atoms with Gasteiger partial charge in [-0.15, -0.1) is 0 Å². The molecule has 2 rings (SSSR count). The van der Waals surface area contributed by atoms with E-state index >= 15 is 0 Å². The van der Waals surface area contributed by atoms with E-state index in [1.807, 2.05) is 6.92 Å². The zero-order chi connectivity index (χ0) is 18.2. The van der Waals surface area contributed by atoms with E-state index in [0.29, 0.717) is 19.6 Å². The second-order valence-electron chi connectivity index (χ2n) is 5.64. The number of H-pyrrole nitrogens is 1. The average molecular weight is 368 g/mol. The predicted octanol–water partition coefficient (Wildman–Crippen LogP) is -0.403. The van der Waals surface area contributed by atoms with E-state index in [1.165, 1.54) is 11.9 Å². The molecule has 0 unspecified atom stereocenters. The molecule has 0 bridgehead atoms. The van der Waals surface area contributed by atoms with Gasteiger partial charge < -0.3 is 25.8 Å². The fraction of sp³-hybridized carbons (Fsp3) is 0.600. The molecule has 0 spiro atoms. The van der Waals surface area contributed by atoms with Crippen molar-refractivity contribution in [1.82, 2.24) is 30.8 Å². The average Bonchev–Trinajstić information content (AvgIpc) is 3.01. The summed E-state index contributed by atoms with van der Waals surface area (Å²) in [5.41, 5.74) is 2.06. The van der Waals surface area contributed by atoms with Gasteiger partial charge in [0.05, 0.1) is 18.4 Å². The quantitative estimate of drug-likeness (QED) is 0.488. The highest BCUT2D eigenvalue weighted by atomic mass is 32.2. The maximum atomic E-state index is 12.3. The van der Waals surface area contributed by atoms with E-state index in [0.717, 1.165) is 22.9 Å². The highest BCUT2D eigenvalue weighted by Crippen LogP contribution is 2.12. The lowest BCUT2D eigenvalue weighted by Gasteiger charge is -2.34. The Morgan fingerprint density at radius 2 is 2.28 bits per heavy atom. The molecule has 138 valence electrons. The molecule has 1 atom stereocenters. The smallest absolute Gasteiger partial charge is 0.318 e. The van der Waals surface area contributed by atoms with E-state index in [1.54, 1.807) is 18.1 Å². The number of amides is 4. The Kier molecular flexibility index (Phi) is 7.11. The number of imidazole rings is 1. The van der Waals surface area contributed by atoms with Crippen molar-refractivity contribution >= 4 is 29.6 Å². The van der Waals surface area contributed by atoms with Crippen molar-refractivity contribution in [1.29, 1.82) is 0 Å². The molecule has 0 aliphatic carbocycles. The zero-order valence-electron chi connectivity index (χ0n) is 14.4. The van der Waals surface area contributed by atoms with E-state index < -0.39 is 6.04 Å². The monoisotopic (exact) mass is 368 g/mol. The van der Waals surface area contributed by atoms with Gasteiger partial charge in [-0.05, 0) is 6.92 Å². The zero-order valence-corrected chi connectivity index (χ0v) is 15.2. The molecule has 0 saturated carbocycles. The number of carbonyl (C=O) groups excluding carboxylic acids is 3. The molecule has 4 amide bonds. The van der Waals surface area contributed by atoms with Gasteiger partial charge in [-0.3, -0.25) is 9.59 Å². The van der Waals surface area contributed by atoms with Gasteiger partial charge in [-0.1, -0.05) is 0 Å². The molecule has 2 heterocycles. The molecule has 1 aliphatic heterocycles. The topological polar surface area (TPSA) is 119 Å². The van der Waals surface area contributed by atoms with Crippen molar-refractivity contribution in [2.75, 3.05) is 32.4 Å². The number of hydrogen-bond donors (Lipinski definition) is 4. The van der Waals surface area contributed by atoms with Gasteiger partial charge in [0.1, 0.15) is 6.04 Å². The van der Waals surface area contributed by atoms with Crippen LogP contribution in [0.25, 0.3) is 0 Å². The lowest BCUT2D eigenvalue weighted by atomic mass is 10.1. The van der Waals surface area contributed by atoms with E-state index in [2.05, 4.69) is 25.9 Å². The minimum absolute atomic E-state index is 0.0388. The summed E-state index contributed by atoms with van der Waals surface area (Å²) in [6.45, 7) is 3.24. The molecule has 1 fully saturated rings. The minimum atomic E-state index is -0.770. The summed E-state index contributed by atoms with van der Waals surface area (Å²) < 4.78 is 0. The lowest BCUT2D eigenvalue weighted by Crippen LogP contribution is -2.60. The maximum Gasteiger partial charge on any atom is 0.318 e. The molecule has 9 nitrogen and oxygen atoms in total. The van der Waals surface area contributed by atoms with Crippen LogP contribution in [0.5, 0.6) is 0 Å². The van der Waals surface area contributed by atoms with E-state index in [4.69, 9.17) is 0 Å². The molecular formula is C15H24N6O3S. The number of urea groups is 1. The van der Waals surface area contributed by atoms with Crippen molar-refractivity contribution in [3.05, 3.63) is 17.7 Å². The number of hydrogen-bond acceptors (Lipinski definition) is 5. The third-order valence-electron chi connectivity index (χ3n) is 3.94. The highest BCUT2D eigenvalue weighted by Gasteiger charge is 2.34. The molecular weight excluding hydrogens is 344 g/mol. The molecule has 25 heavy (non-hydrogen) atoms. The Hall–Kier alpha value is -2.23. The number of aromatic nitrogens is 2. The molecule has 0 aromatic carbocycles. The van der Waals surface area contributed by atoms with Gasteiger partial charge >= 0.3 is 6.03 Å².